The van der Waals surface area contributed by atoms with Crippen molar-refractivity contribution in [3.63, 3.8) is 0 Å². The summed E-state index contributed by atoms with van der Waals surface area (Å²) in [5.41, 5.74) is 3.24. The van der Waals surface area contributed by atoms with Gasteiger partial charge < -0.3 is 24.8 Å². The number of aliphatic imine (C=N–C) groups is 1. The molecule has 1 unspecified atom stereocenters. The molecule has 0 bridgehead atoms. The maximum Gasteiger partial charge on any atom is 0.218 e. The average Bonchev–Trinajstić information content (AvgIpc) is 3.29. The number of pyridine rings is 1. The molecule has 2 N–H and O–H groups in total. The van der Waals surface area contributed by atoms with E-state index in [1.165, 1.54) is 5.56 Å². The summed E-state index contributed by atoms with van der Waals surface area (Å²) in [4.78, 5) is 9.07. The Morgan fingerprint density at radius 1 is 1.22 bits per heavy atom. The highest BCUT2D eigenvalue weighted by molar-refractivity contribution is 14.0. The molecule has 1 aliphatic rings. The van der Waals surface area contributed by atoms with Crippen LogP contribution in [-0.2, 0) is 17.8 Å². The van der Waals surface area contributed by atoms with Crippen molar-refractivity contribution in [2.45, 2.75) is 52.8 Å². The molecule has 1 aromatic heterocycles. The lowest BCUT2D eigenvalue weighted by molar-refractivity contribution is 0.140. The number of ether oxygens (including phenoxy) is 3. The zero-order chi connectivity index (χ0) is 21.9. The van der Waals surface area contributed by atoms with Crippen molar-refractivity contribution in [2.24, 2.45) is 4.99 Å². The Labute approximate surface area is 208 Å². The van der Waals surface area contributed by atoms with Crippen molar-refractivity contribution >= 4 is 29.9 Å². The molecule has 1 aromatic carbocycles. The highest BCUT2D eigenvalue weighted by Gasteiger charge is 2.18. The molecular formula is C24H35IN4O3. The summed E-state index contributed by atoms with van der Waals surface area (Å²) in [6, 6.07) is 10.2. The predicted octanol–water partition coefficient (Wildman–Crippen LogP) is 4.22. The minimum absolute atomic E-state index is 0. The van der Waals surface area contributed by atoms with Gasteiger partial charge in [0.05, 0.1) is 26.4 Å². The Morgan fingerprint density at radius 2 is 2.09 bits per heavy atom. The number of halogens is 1. The summed E-state index contributed by atoms with van der Waals surface area (Å²) < 4.78 is 17.4. The number of aromatic nitrogens is 1. The standard InChI is InChI=1S/C24H34N4O3.HI/c1-4-12-30-23-20(7-6-11-26-23)16-28-24(25-5-2)27-15-19-9-8-18(3)14-22(19)31-21-10-13-29-17-21;/h6-9,11,14,21H,4-5,10,12-13,15-17H2,1-3H3,(H2,25,27,28);1H. The van der Waals surface area contributed by atoms with E-state index >= 15 is 0 Å². The van der Waals surface area contributed by atoms with E-state index in [4.69, 9.17) is 19.2 Å². The van der Waals surface area contributed by atoms with E-state index in [9.17, 15) is 0 Å². The van der Waals surface area contributed by atoms with Gasteiger partial charge in [-0.25, -0.2) is 9.98 Å². The second-order valence-corrected chi connectivity index (χ2v) is 7.58. The Balaban J connectivity index is 0.00000363. The van der Waals surface area contributed by atoms with E-state index in [1.807, 2.05) is 12.1 Å². The van der Waals surface area contributed by atoms with Crippen LogP contribution in [0.1, 0.15) is 43.4 Å². The van der Waals surface area contributed by atoms with Crippen LogP contribution in [0.25, 0.3) is 0 Å². The minimum atomic E-state index is 0. The van der Waals surface area contributed by atoms with Gasteiger partial charge in [0.2, 0.25) is 5.88 Å². The summed E-state index contributed by atoms with van der Waals surface area (Å²) in [7, 11) is 0. The first kappa shape index (κ1) is 26.2. The van der Waals surface area contributed by atoms with Gasteiger partial charge in [0.25, 0.3) is 0 Å². The first-order chi connectivity index (χ1) is 15.2. The molecule has 1 fully saturated rings. The molecule has 1 aliphatic heterocycles. The number of guanidine groups is 1. The maximum absolute atomic E-state index is 6.21. The second kappa shape index (κ2) is 14.2. The lowest BCUT2D eigenvalue weighted by atomic mass is 10.1. The van der Waals surface area contributed by atoms with Crippen LogP contribution in [0, 0.1) is 6.92 Å². The lowest BCUT2D eigenvalue weighted by Crippen LogP contribution is -2.37. The molecule has 1 saturated heterocycles. The number of hydrogen-bond acceptors (Lipinski definition) is 5. The Bertz CT molecular complexity index is 857. The van der Waals surface area contributed by atoms with E-state index < -0.39 is 0 Å². The Kier molecular flexibility index (Phi) is 11.6. The third-order valence-corrected chi connectivity index (χ3v) is 4.90. The van der Waals surface area contributed by atoms with Gasteiger partial charge in [0.1, 0.15) is 11.9 Å². The Morgan fingerprint density at radius 3 is 2.84 bits per heavy atom. The molecule has 0 spiro atoms. The van der Waals surface area contributed by atoms with Crippen LogP contribution in [0.2, 0.25) is 0 Å². The zero-order valence-electron chi connectivity index (χ0n) is 19.2. The maximum atomic E-state index is 6.21. The average molecular weight is 554 g/mol. The van der Waals surface area contributed by atoms with Gasteiger partial charge in [-0.1, -0.05) is 25.1 Å². The third-order valence-electron chi connectivity index (χ3n) is 4.90. The van der Waals surface area contributed by atoms with Crippen molar-refractivity contribution < 1.29 is 14.2 Å². The SMILES string of the molecule is CCCOc1ncccc1CN=C(NCC)NCc1ccc(C)cc1OC1CCOC1.I. The predicted molar refractivity (Wildman–Crippen MR) is 138 cm³/mol. The third kappa shape index (κ3) is 8.12. The van der Waals surface area contributed by atoms with E-state index in [0.29, 0.717) is 32.2 Å². The highest BCUT2D eigenvalue weighted by atomic mass is 127. The highest BCUT2D eigenvalue weighted by Crippen LogP contribution is 2.24. The van der Waals surface area contributed by atoms with Gasteiger partial charge in [-0.05, 0) is 38.0 Å². The normalized spacial score (nSPS) is 15.7. The summed E-state index contributed by atoms with van der Waals surface area (Å²) in [6.45, 7) is 10.1. The van der Waals surface area contributed by atoms with Crippen LogP contribution in [0.15, 0.2) is 41.5 Å². The molecule has 3 rings (SSSR count). The molecule has 32 heavy (non-hydrogen) atoms. The molecule has 0 aliphatic carbocycles. The minimum Gasteiger partial charge on any atom is -0.488 e. The Hall–Kier alpha value is -2.07. The largest absolute Gasteiger partial charge is 0.488 e. The first-order valence-electron chi connectivity index (χ1n) is 11.1. The van der Waals surface area contributed by atoms with E-state index in [-0.39, 0.29) is 30.1 Å². The van der Waals surface area contributed by atoms with Gasteiger partial charge in [0, 0.05) is 36.8 Å². The number of benzene rings is 1. The van der Waals surface area contributed by atoms with Gasteiger partial charge in [0.15, 0.2) is 5.96 Å². The molecule has 0 saturated carbocycles. The fourth-order valence-corrected chi connectivity index (χ4v) is 3.26. The van der Waals surface area contributed by atoms with Gasteiger partial charge in [-0.3, -0.25) is 0 Å². The molecule has 1 atom stereocenters. The van der Waals surface area contributed by atoms with Gasteiger partial charge in [-0.2, -0.15) is 0 Å². The topological polar surface area (TPSA) is 77.0 Å². The second-order valence-electron chi connectivity index (χ2n) is 7.58. The van der Waals surface area contributed by atoms with Crippen LogP contribution in [0.5, 0.6) is 11.6 Å². The molecule has 8 heteroatoms. The summed E-state index contributed by atoms with van der Waals surface area (Å²) in [6.07, 6.45) is 3.74. The van der Waals surface area contributed by atoms with E-state index in [1.54, 1.807) is 6.20 Å². The van der Waals surface area contributed by atoms with Crippen molar-refractivity contribution in [3.8, 4) is 11.6 Å². The molecule has 2 heterocycles. The van der Waals surface area contributed by atoms with Gasteiger partial charge in [-0.15, -0.1) is 24.0 Å². The van der Waals surface area contributed by atoms with Crippen molar-refractivity contribution in [1.82, 2.24) is 15.6 Å². The van der Waals surface area contributed by atoms with Crippen LogP contribution in [-0.4, -0.2) is 43.4 Å². The molecule has 0 amide bonds. The van der Waals surface area contributed by atoms with E-state index in [2.05, 4.69) is 54.6 Å². The van der Waals surface area contributed by atoms with Crippen LogP contribution < -0.4 is 20.1 Å². The zero-order valence-corrected chi connectivity index (χ0v) is 21.6. The van der Waals surface area contributed by atoms with Gasteiger partial charge >= 0.3 is 0 Å². The number of nitrogens with one attached hydrogen (secondary N) is 2. The molecule has 2 aromatic rings. The van der Waals surface area contributed by atoms with Crippen molar-refractivity contribution in [3.05, 3.63) is 53.2 Å². The summed E-state index contributed by atoms with van der Waals surface area (Å²) in [5, 5.41) is 6.73. The fraction of sp³-hybridized carbons (Fsp3) is 0.500. The number of aryl methyl sites for hydroxylation is 1. The number of hydrogen-bond donors (Lipinski definition) is 2. The van der Waals surface area contributed by atoms with Crippen LogP contribution >= 0.6 is 24.0 Å². The lowest BCUT2D eigenvalue weighted by Gasteiger charge is -2.18. The monoisotopic (exact) mass is 554 g/mol. The summed E-state index contributed by atoms with van der Waals surface area (Å²) in [5.74, 6) is 2.29. The van der Waals surface area contributed by atoms with Crippen LogP contribution in [0.3, 0.4) is 0 Å². The van der Waals surface area contributed by atoms with Crippen molar-refractivity contribution in [1.29, 1.82) is 0 Å². The number of nitrogens with zero attached hydrogens (tertiary/aromatic N) is 2. The van der Waals surface area contributed by atoms with Crippen molar-refractivity contribution in [2.75, 3.05) is 26.4 Å². The van der Waals surface area contributed by atoms with Crippen LogP contribution in [0.4, 0.5) is 0 Å². The molecule has 7 nitrogen and oxygen atoms in total. The molecular weight excluding hydrogens is 519 g/mol. The molecule has 0 radical (unpaired) electrons. The van der Waals surface area contributed by atoms with E-state index in [0.717, 1.165) is 48.8 Å². The first-order valence-corrected chi connectivity index (χ1v) is 11.1. The number of rotatable bonds is 10. The molecule has 176 valence electrons. The quantitative estimate of drug-likeness (QED) is 0.260. The summed E-state index contributed by atoms with van der Waals surface area (Å²) >= 11 is 0. The fourth-order valence-electron chi connectivity index (χ4n) is 3.26. The smallest absolute Gasteiger partial charge is 0.218 e.